The Hall–Kier alpha value is -0.910. The maximum absolute atomic E-state index is 11.7. The minimum Gasteiger partial charge on any atom is -0.444 e. The minimum absolute atomic E-state index is 0.0767. The van der Waals surface area contributed by atoms with Crippen molar-refractivity contribution in [1.29, 1.82) is 0 Å². The molecule has 2 N–H and O–H groups in total. The number of thioether (sulfide) groups is 1. The third-order valence-corrected chi connectivity index (χ3v) is 3.88. The molecule has 0 bridgehead atoms. The van der Waals surface area contributed by atoms with Crippen LogP contribution in [0.4, 0.5) is 4.79 Å². The highest BCUT2D eigenvalue weighted by atomic mass is 32.2. The highest BCUT2D eigenvalue weighted by Crippen LogP contribution is 2.16. The van der Waals surface area contributed by atoms with Gasteiger partial charge in [0.1, 0.15) is 5.60 Å². The summed E-state index contributed by atoms with van der Waals surface area (Å²) >= 11 is 1.94. The van der Waals surface area contributed by atoms with E-state index in [4.69, 9.17) is 4.74 Å². The average Bonchev–Trinajstić information content (AvgIpc) is 2.34. The van der Waals surface area contributed by atoms with Crippen LogP contribution in [0.5, 0.6) is 0 Å². The van der Waals surface area contributed by atoms with Gasteiger partial charge in [-0.2, -0.15) is 11.8 Å². The largest absolute Gasteiger partial charge is 0.444 e. The van der Waals surface area contributed by atoms with Crippen molar-refractivity contribution >= 4 is 23.8 Å². The van der Waals surface area contributed by atoms with Crippen molar-refractivity contribution in [3.63, 3.8) is 0 Å². The number of ether oxygens (including phenoxy) is 1. The minimum atomic E-state index is -0.486. The van der Waals surface area contributed by atoms with Crippen molar-refractivity contribution in [3.8, 4) is 0 Å². The summed E-state index contributed by atoms with van der Waals surface area (Å²) in [5, 5.41) is 5.70. The van der Waals surface area contributed by atoms with E-state index in [0.29, 0.717) is 25.4 Å². The summed E-state index contributed by atoms with van der Waals surface area (Å²) in [6, 6.07) is 0.336. The molecule has 0 spiro atoms. The van der Waals surface area contributed by atoms with E-state index in [2.05, 4.69) is 10.6 Å². The predicted octanol–water partition coefficient (Wildman–Crippen LogP) is 2.30. The van der Waals surface area contributed by atoms with Gasteiger partial charge < -0.3 is 15.4 Å². The van der Waals surface area contributed by atoms with E-state index in [1.807, 2.05) is 32.5 Å². The molecule has 1 fully saturated rings. The lowest BCUT2D eigenvalue weighted by Gasteiger charge is -2.22. The molecule has 5 nitrogen and oxygen atoms in total. The van der Waals surface area contributed by atoms with Crippen LogP contribution in [0.1, 0.15) is 46.5 Å². The first-order valence-electron chi connectivity index (χ1n) is 7.21. The number of rotatable bonds is 5. The number of carbonyl (C=O) groups excluding carboxylic acids is 2. The summed E-state index contributed by atoms with van der Waals surface area (Å²) in [6.45, 7) is 5.93. The summed E-state index contributed by atoms with van der Waals surface area (Å²) in [6.07, 6.45) is 2.77. The first-order valence-corrected chi connectivity index (χ1v) is 8.36. The number of hydrogen-bond acceptors (Lipinski definition) is 4. The summed E-state index contributed by atoms with van der Waals surface area (Å²) in [4.78, 5) is 23.1. The molecule has 1 heterocycles. The third kappa shape index (κ3) is 8.30. The summed E-state index contributed by atoms with van der Waals surface area (Å²) in [5.74, 6) is 2.34. The molecule has 0 aromatic heterocycles. The summed E-state index contributed by atoms with van der Waals surface area (Å²) in [7, 11) is 0. The van der Waals surface area contributed by atoms with Crippen LogP contribution in [0.3, 0.4) is 0 Å². The molecule has 1 aliphatic heterocycles. The van der Waals surface area contributed by atoms with Crippen molar-refractivity contribution < 1.29 is 14.3 Å². The molecule has 1 saturated heterocycles. The predicted molar refractivity (Wildman–Crippen MR) is 82.0 cm³/mol. The van der Waals surface area contributed by atoms with Crippen LogP contribution >= 0.6 is 11.8 Å². The second kappa shape index (κ2) is 8.39. The van der Waals surface area contributed by atoms with E-state index in [1.165, 1.54) is 0 Å². The molecule has 6 heteroatoms. The van der Waals surface area contributed by atoms with Crippen LogP contribution in [0.2, 0.25) is 0 Å². The lowest BCUT2D eigenvalue weighted by Crippen LogP contribution is -2.38. The van der Waals surface area contributed by atoms with Gasteiger partial charge in [-0.15, -0.1) is 0 Å². The van der Waals surface area contributed by atoms with Gasteiger partial charge in [-0.1, -0.05) is 0 Å². The van der Waals surface area contributed by atoms with Crippen molar-refractivity contribution in [3.05, 3.63) is 0 Å². The average molecular weight is 302 g/mol. The maximum Gasteiger partial charge on any atom is 0.407 e. The van der Waals surface area contributed by atoms with Crippen LogP contribution in [0.25, 0.3) is 0 Å². The number of nitrogens with one attached hydrogen (secondary N) is 2. The second-order valence-corrected chi connectivity index (χ2v) is 7.21. The molecule has 0 atom stereocenters. The number of alkyl carbamates (subject to hydrolysis) is 1. The molecule has 2 amide bonds. The third-order valence-electron chi connectivity index (χ3n) is 2.84. The SMILES string of the molecule is CC(C)(C)OC(=O)NCCCC(=O)NC1CCSCC1. The molecule has 116 valence electrons. The Morgan fingerprint density at radius 2 is 1.90 bits per heavy atom. The zero-order valence-corrected chi connectivity index (χ0v) is 13.5. The second-order valence-electron chi connectivity index (χ2n) is 5.99. The normalized spacial score (nSPS) is 16.6. The highest BCUT2D eigenvalue weighted by Gasteiger charge is 2.17. The van der Waals surface area contributed by atoms with E-state index >= 15 is 0 Å². The van der Waals surface area contributed by atoms with Gasteiger partial charge in [-0.25, -0.2) is 4.79 Å². The van der Waals surface area contributed by atoms with E-state index < -0.39 is 11.7 Å². The van der Waals surface area contributed by atoms with Gasteiger partial charge in [0.25, 0.3) is 0 Å². The molecule has 0 radical (unpaired) electrons. The van der Waals surface area contributed by atoms with Crippen LogP contribution in [0, 0.1) is 0 Å². The molecular formula is C14H26N2O3S. The van der Waals surface area contributed by atoms with Crippen LogP contribution in [-0.4, -0.2) is 41.7 Å². The van der Waals surface area contributed by atoms with Gasteiger partial charge in [-0.05, 0) is 51.5 Å². The summed E-state index contributed by atoms with van der Waals surface area (Å²) in [5.41, 5.74) is -0.486. The lowest BCUT2D eigenvalue weighted by atomic mass is 10.1. The smallest absolute Gasteiger partial charge is 0.407 e. The Bertz CT molecular complexity index is 323. The van der Waals surface area contributed by atoms with Gasteiger partial charge in [0.05, 0.1) is 0 Å². The van der Waals surface area contributed by atoms with Crippen LogP contribution in [0.15, 0.2) is 0 Å². The van der Waals surface area contributed by atoms with Crippen LogP contribution in [-0.2, 0) is 9.53 Å². The Balaban J connectivity index is 2.05. The quantitative estimate of drug-likeness (QED) is 0.765. The fourth-order valence-corrected chi connectivity index (χ4v) is 3.00. The van der Waals surface area contributed by atoms with E-state index in [0.717, 1.165) is 24.3 Å². The first kappa shape index (κ1) is 17.1. The fraction of sp³-hybridized carbons (Fsp3) is 0.857. The molecule has 1 rings (SSSR count). The first-order chi connectivity index (χ1) is 9.37. The van der Waals surface area contributed by atoms with Crippen molar-refractivity contribution in [2.75, 3.05) is 18.1 Å². The lowest BCUT2D eigenvalue weighted by molar-refractivity contribution is -0.121. The molecular weight excluding hydrogens is 276 g/mol. The molecule has 0 aromatic rings. The van der Waals surface area contributed by atoms with Gasteiger partial charge in [-0.3, -0.25) is 4.79 Å². The zero-order valence-electron chi connectivity index (χ0n) is 12.7. The zero-order chi connectivity index (χ0) is 15.0. The maximum atomic E-state index is 11.7. The Morgan fingerprint density at radius 3 is 2.50 bits per heavy atom. The van der Waals surface area contributed by atoms with Gasteiger partial charge in [0, 0.05) is 19.0 Å². The van der Waals surface area contributed by atoms with E-state index in [9.17, 15) is 9.59 Å². The Labute approximate surface area is 125 Å². The highest BCUT2D eigenvalue weighted by molar-refractivity contribution is 7.99. The molecule has 0 aromatic carbocycles. The number of amides is 2. The molecule has 0 unspecified atom stereocenters. The van der Waals surface area contributed by atoms with Crippen LogP contribution < -0.4 is 10.6 Å². The van der Waals surface area contributed by atoms with Gasteiger partial charge in [0.2, 0.25) is 5.91 Å². The van der Waals surface area contributed by atoms with Crippen molar-refractivity contribution in [2.45, 2.75) is 58.1 Å². The fourth-order valence-electron chi connectivity index (χ4n) is 1.90. The summed E-state index contributed by atoms with van der Waals surface area (Å²) < 4.78 is 5.11. The standard InChI is InChI=1S/C14H26N2O3S/c1-14(2,3)19-13(18)15-8-4-5-12(17)16-11-6-9-20-10-7-11/h11H,4-10H2,1-3H3,(H,15,18)(H,16,17). The van der Waals surface area contributed by atoms with Gasteiger partial charge in [0.15, 0.2) is 0 Å². The van der Waals surface area contributed by atoms with Crippen molar-refractivity contribution in [1.82, 2.24) is 10.6 Å². The molecule has 0 saturated carbocycles. The van der Waals surface area contributed by atoms with E-state index in [1.54, 1.807) is 0 Å². The monoisotopic (exact) mass is 302 g/mol. The Kier molecular flexibility index (Phi) is 7.19. The van der Waals surface area contributed by atoms with E-state index in [-0.39, 0.29) is 5.91 Å². The number of carbonyl (C=O) groups is 2. The molecule has 20 heavy (non-hydrogen) atoms. The van der Waals surface area contributed by atoms with Gasteiger partial charge >= 0.3 is 6.09 Å². The number of hydrogen-bond donors (Lipinski definition) is 2. The topological polar surface area (TPSA) is 67.4 Å². The Morgan fingerprint density at radius 1 is 1.25 bits per heavy atom. The molecule has 0 aliphatic carbocycles. The van der Waals surface area contributed by atoms with Crippen molar-refractivity contribution in [2.24, 2.45) is 0 Å². The molecule has 1 aliphatic rings.